The quantitative estimate of drug-likeness (QED) is 0.361. The first-order valence-electron chi connectivity index (χ1n) is 14.4. The number of carbonyl (C=O) groups excluding carboxylic acids is 1. The molecule has 12 heteroatoms. The topological polar surface area (TPSA) is 122 Å². The van der Waals surface area contributed by atoms with E-state index in [0.29, 0.717) is 35.6 Å². The minimum Gasteiger partial charge on any atom is -0.497 e. The lowest BCUT2D eigenvalue weighted by molar-refractivity contribution is 0.0519. The Morgan fingerprint density at radius 1 is 1.21 bits per heavy atom. The Morgan fingerprint density at radius 2 is 1.95 bits per heavy atom. The van der Waals surface area contributed by atoms with Crippen LogP contribution in [-0.4, -0.2) is 73.5 Å². The Balaban J connectivity index is 1.54. The second-order valence-electron chi connectivity index (χ2n) is 12.1. The Labute approximate surface area is 250 Å². The van der Waals surface area contributed by atoms with Crippen molar-refractivity contribution in [3.05, 3.63) is 53.1 Å². The van der Waals surface area contributed by atoms with Crippen LogP contribution in [0.2, 0.25) is 0 Å². The van der Waals surface area contributed by atoms with E-state index in [1.54, 1.807) is 55.4 Å². The van der Waals surface area contributed by atoms with Crippen LogP contribution in [0.3, 0.4) is 0 Å². The number of nitrogens with zero attached hydrogens (tertiary/aromatic N) is 5. The summed E-state index contributed by atoms with van der Waals surface area (Å²) in [4.78, 5) is 33.9. The van der Waals surface area contributed by atoms with Crippen LogP contribution in [0.15, 0.2) is 30.6 Å². The number of ether oxygens (including phenoxy) is 2. The molecule has 0 radical (unpaired) electrons. The van der Waals surface area contributed by atoms with Crippen LogP contribution >= 0.6 is 0 Å². The molecule has 1 aromatic carbocycles. The molecule has 43 heavy (non-hydrogen) atoms. The van der Waals surface area contributed by atoms with E-state index in [2.05, 4.69) is 15.4 Å². The van der Waals surface area contributed by atoms with Gasteiger partial charge in [0.1, 0.15) is 11.5 Å². The van der Waals surface area contributed by atoms with E-state index in [4.69, 9.17) is 9.47 Å². The average molecular weight is 595 g/mol. The summed E-state index contributed by atoms with van der Waals surface area (Å²) in [5.74, 6) is 0.231. The van der Waals surface area contributed by atoms with Crippen LogP contribution in [0.4, 0.5) is 15.0 Å². The molecule has 0 spiro atoms. The largest absolute Gasteiger partial charge is 0.497 e. The first-order chi connectivity index (χ1) is 20.4. The normalized spacial score (nSPS) is 18.4. The molecule has 3 aromatic rings. The van der Waals surface area contributed by atoms with Gasteiger partial charge in [0.15, 0.2) is 11.6 Å². The van der Waals surface area contributed by atoms with Crippen LogP contribution in [-0.2, 0) is 20.1 Å². The summed E-state index contributed by atoms with van der Waals surface area (Å²) in [6.45, 7) is 5.81. The van der Waals surface area contributed by atoms with Gasteiger partial charge in [0.2, 0.25) is 0 Å². The predicted molar refractivity (Wildman–Crippen MR) is 159 cm³/mol. The zero-order valence-corrected chi connectivity index (χ0v) is 25.5. The summed E-state index contributed by atoms with van der Waals surface area (Å²) in [6, 6.07) is 4.62. The number of methoxy groups -OCH3 is 2. The minimum atomic E-state index is -1.01. The molecule has 0 bridgehead atoms. The second kappa shape index (κ2) is 11.7. The maximum Gasteiger partial charge on any atom is 0.408 e. The summed E-state index contributed by atoms with van der Waals surface area (Å²) in [5, 5.41) is 17.6. The highest BCUT2D eigenvalue weighted by Gasteiger charge is 2.41. The van der Waals surface area contributed by atoms with Gasteiger partial charge in [-0.2, -0.15) is 5.10 Å². The van der Waals surface area contributed by atoms with Crippen molar-refractivity contribution in [2.75, 3.05) is 19.5 Å². The van der Waals surface area contributed by atoms with Crippen LogP contribution in [0.1, 0.15) is 67.9 Å². The first kappa shape index (κ1) is 30.1. The maximum atomic E-state index is 16.4. The standard InChI is InChI=1S/C31H39FN6O5/c1-31(2,3)38(30(40)41)23-10-8-7-9-22(23)34-28-26(32)21-17-37(16-18-11-12-20(42-5)13-24(18)43-6)29(39)25(21)27(35-28)19-14-33-36(4)15-19/h11-15,22-23H,7-10,16-17H2,1-6H3,(H,34,35)(H,40,41)/t22-,23+/m1/s1. The van der Waals surface area contributed by atoms with Gasteiger partial charge < -0.3 is 24.8 Å². The number of hydrogen-bond acceptors (Lipinski definition) is 7. The highest BCUT2D eigenvalue weighted by atomic mass is 19.1. The number of hydrogen-bond donors (Lipinski definition) is 2. The fourth-order valence-corrected chi connectivity index (χ4v) is 6.27. The molecular formula is C31H39FN6O5. The van der Waals surface area contributed by atoms with E-state index in [9.17, 15) is 14.7 Å². The number of pyridine rings is 1. The van der Waals surface area contributed by atoms with Crippen molar-refractivity contribution in [1.82, 2.24) is 24.6 Å². The van der Waals surface area contributed by atoms with Gasteiger partial charge in [-0.15, -0.1) is 0 Å². The van der Waals surface area contributed by atoms with E-state index in [0.717, 1.165) is 18.4 Å². The summed E-state index contributed by atoms with van der Waals surface area (Å²) in [7, 11) is 4.87. The van der Waals surface area contributed by atoms with E-state index in [-0.39, 0.29) is 48.0 Å². The number of aryl methyl sites for hydroxylation is 1. The molecule has 11 nitrogen and oxygen atoms in total. The van der Waals surface area contributed by atoms with Gasteiger partial charge in [-0.05, 0) is 45.7 Å². The minimum absolute atomic E-state index is 0.00503. The Hall–Kier alpha value is -4.35. The molecule has 1 aliphatic carbocycles. The molecule has 2 N–H and O–H groups in total. The third-order valence-electron chi connectivity index (χ3n) is 8.23. The Kier molecular flexibility index (Phi) is 8.22. The number of nitrogens with one attached hydrogen (secondary N) is 1. The molecular weight excluding hydrogens is 555 g/mol. The van der Waals surface area contributed by atoms with E-state index >= 15 is 4.39 Å². The third kappa shape index (κ3) is 5.82. The average Bonchev–Trinajstić information content (AvgIpc) is 3.53. The fourth-order valence-electron chi connectivity index (χ4n) is 6.27. The molecule has 5 rings (SSSR count). The number of benzene rings is 1. The van der Waals surface area contributed by atoms with Crippen LogP contribution < -0.4 is 14.8 Å². The van der Waals surface area contributed by atoms with Gasteiger partial charge in [0.25, 0.3) is 5.91 Å². The Morgan fingerprint density at radius 3 is 2.58 bits per heavy atom. The SMILES string of the molecule is COc1ccc(CN2Cc3c(F)c(N[C@@H]4CCCC[C@@H]4N(C(=O)O)C(C)(C)C)nc(-c4cnn(C)c4)c3C2=O)c(OC)c1. The Bertz CT molecular complexity index is 1530. The highest BCUT2D eigenvalue weighted by Crippen LogP contribution is 2.39. The number of carbonyl (C=O) groups is 2. The molecule has 0 saturated heterocycles. The summed E-state index contributed by atoms with van der Waals surface area (Å²) >= 11 is 0. The summed E-state index contributed by atoms with van der Waals surface area (Å²) in [6.07, 6.45) is 5.39. The summed E-state index contributed by atoms with van der Waals surface area (Å²) < 4.78 is 28.8. The zero-order valence-electron chi connectivity index (χ0n) is 25.5. The van der Waals surface area contributed by atoms with Crippen molar-refractivity contribution in [3.8, 4) is 22.8 Å². The molecule has 2 aromatic heterocycles. The predicted octanol–water partition coefficient (Wildman–Crippen LogP) is 5.30. The lowest BCUT2D eigenvalue weighted by Crippen LogP contribution is -2.58. The third-order valence-corrected chi connectivity index (χ3v) is 8.23. The van der Waals surface area contributed by atoms with Crippen molar-refractivity contribution in [3.63, 3.8) is 0 Å². The number of amides is 2. The van der Waals surface area contributed by atoms with Crippen LogP contribution in [0.25, 0.3) is 11.3 Å². The molecule has 0 unspecified atom stereocenters. The number of aromatic nitrogens is 3. The van der Waals surface area contributed by atoms with Crippen molar-refractivity contribution in [2.24, 2.45) is 7.05 Å². The molecule has 2 atom stereocenters. The molecule has 1 saturated carbocycles. The van der Waals surface area contributed by atoms with Gasteiger partial charge >= 0.3 is 6.09 Å². The number of fused-ring (bicyclic) bond motifs is 1. The highest BCUT2D eigenvalue weighted by molar-refractivity contribution is 6.04. The first-order valence-corrected chi connectivity index (χ1v) is 14.4. The van der Waals surface area contributed by atoms with Gasteiger partial charge in [-0.25, -0.2) is 14.2 Å². The van der Waals surface area contributed by atoms with Gasteiger partial charge in [-0.3, -0.25) is 14.4 Å². The van der Waals surface area contributed by atoms with Crippen molar-refractivity contribution in [2.45, 2.75) is 77.2 Å². The van der Waals surface area contributed by atoms with Crippen LogP contribution in [0, 0.1) is 5.82 Å². The van der Waals surface area contributed by atoms with Gasteiger partial charge in [-0.1, -0.05) is 12.8 Å². The molecule has 3 heterocycles. The van der Waals surface area contributed by atoms with Crippen molar-refractivity contribution < 1.29 is 28.6 Å². The molecule has 230 valence electrons. The zero-order chi connectivity index (χ0) is 31.1. The van der Waals surface area contributed by atoms with Gasteiger partial charge in [0, 0.05) is 54.1 Å². The number of anilines is 1. The molecule has 1 fully saturated rings. The second-order valence-corrected chi connectivity index (χ2v) is 12.1. The van der Waals surface area contributed by atoms with Crippen molar-refractivity contribution >= 4 is 17.8 Å². The lowest BCUT2D eigenvalue weighted by atomic mass is 9.86. The van der Waals surface area contributed by atoms with E-state index < -0.39 is 17.4 Å². The molecule has 2 aliphatic rings. The van der Waals surface area contributed by atoms with Gasteiger partial charge in [0.05, 0.1) is 44.3 Å². The fraction of sp³-hybridized carbons (Fsp3) is 0.484. The monoisotopic (exact) mass is 594 g/mol. The number of halogens is 1. The maximum absolute atomic E-state index is 16.4. The van der Waals surface area contributed by atoms with Crippen molar-refractivity contribution in [1.29, 1.82) is 0 Å². The molecule has 2 amide bonds. The smallest absolute Gasteiger partial charge is 0.408 e. The molecule has 1 aliphatic heterocycles. The van der Waals surface area contributed by atoms with Crippen LogP contribution in [0.5, 0.6) is 11.5 Å². The summed E-state index contributed by atoms with van der Waals surface area (Å²) in [5.41, 5.74) is 1.46. The van der Waals surface area contributed by atoms with E-state index in [1.807, 2.05) is 26.8 Å². The number of rotatable bonds is 8. The lowest BCUT2D eigenvalue weighted by Gasteiger charge is -2.45. The number of carboxylic acid groups (broad SMARTS) is 1. The van der Waals surface area contributed by atoms with E-state index in [1.165, 1.54) is 4.90 Å².